The fourth-order valence-corrected chi connectivity index (χ4v) is 1.43. The summed E-state index contributed by atoms with van der Waals surface area (Å²) in [6, 6.07) is 0. The first-order valence-corrected chi connectivity index (χ1v) is 7.47. The molecule has 120 valence electrons. The zero-order valence-corrected chi connectivity index (χ0v) is 13.1. The molecule has 0 spiro atoms. The number of rotatable bonds is 14. The van der Waals surface area contributed by atoms with Crippen molar-refractivity contribution in [2.24, 2.45) is 0 Å². The van der Waals surface area contributed by atoms with Crippen molar-refractivity contribution in [3.63, 3.8) is 0 Å². The van der Waals surface area contributed by atoms with Crippen LogP contribution >= 0.6 is 12.6 Å². The molecule has 6 nitrogen and oxygen atoms in total. The lowest BCUT2D eigenvalue weighted by atomic mass is 10.2. The maximum atomic E-state index is 11.4. The van der Waals surface area contributed by atoms with Crippen molar-refractivity contribution < 1.29 is 24.1 Å². The summed E-state index contributed by atoms with van der Waals surface area (Å²) in [5.74, 6) is 0.0341. The molecule has 7 heteroatoms. The Kier molecular flexibility index (Phi) is 14.8. The fraction of sp³-hybridized carbons (Fsp3) is 0.923. The van der Waals surface area contributed by atoms with E-state index < -0.39 is 0 Å². The third kappa shape index (κ3) is 15.7. The Bertz CT molecular complexity index is 229. The standard InChI is InChI=1S/C13H27NO5S/c1-12(20)2-3-13(16)14-4-6-17-8-10-19-11-9-18-7-5-15/h12,15,20H,2-11H2,1H3,(H,14,16). The van der Waals surface area contributed by atoms with E-state index in [-0.39, 0.29) is 17.8 Å². The second-order valence-corrected chi connectivity index (χ2v) is 5.18. The van der Waals surface area contributed by atoms with E-state index in [1.54, 1.807) is 0 Å². The number of carbonyl (C=O) groups is 1. The molecule has 0 rings (SSSR count). The van der Waals surface area contributed by atoms with Crippen LogP contribution in [-0.2, 0) is 19.0 Å². The van der Waals surface area contributed by atoms with Gasteiger partial charge < -0.3 is 24.6 Å². The summed E-state index contributed by atoms with van der Waals surface area (Å²) in [5.41, 5.74) is 0. The molecule has 20 heavy (non-hydrogen) atoms. The molecule has 0 saturated heterocycles. The highest BCUT2D eigenvalue weighted by molar-refractivity contribution is 7.80. The van der Waals surface area contributed by atoms with E-state index in [0.717, 1.165) is 6.42 Å². The predicted molar refractivity (Wildman–Crippen MR) is 80.2 cm³/mol. The third-order valence-corrected chi connectivity index (χ3v) is 2.60. The normalized spacial score (nSPS) is 12.3. The summed E-state index contributed by atoms with van der Waals surface area (Å²) >= 11 is 4.22. The SMILES string of the molecule is CC(S)CCC(=O)NCCOCCOCCOCCO. The van der Waals surface area contributed by atoms with Gasteiger partial charge in [0.2, 0.25) is 5.91 Å². The molecular formula is C13H27NO5S. The van der Waals surface area contributed by atoms with Gasteiger partial charge in [-0.2, -0.15) is 12.6 Å². The maximum Gasteiger partial charge on any atom is 0.220 e. The van der Waals surface area contributed by atoms with Crippen LogP contribution in [0.5, 0.6) is 0 Å². The average Bonchev–Trinajstić information content (AvgIpc) is 2.42. The van der Waals surface area contributed by atoms with E-state index in [0.29, 0.717) is 52.6 Å². The molecule has 1 atom stereocenters. The van der Waals surface area contributed by atoms with Gasteiger partial charge in [0.05, 0.1) is 46.2 Å². The van der Waals surface area contributed by atoms with Gasteiger partial charge in [0.15, 0.2) is 0 Å². The van der Waals surface area contributed by atoms with Gasteiger partial charge >= 0.3 is 0 Å². The molecule has 0 heterocycles. The van der Waals surface area contributed by atoms with Crippen LogP contribution in [-0.4, -0.2) is 69.1 Å². The molecule has 0 bridgehead atoms. The second kappa shape index (κ2) is 15.1. The van der Waals surface area contributed by atoms with Gasteiger partial charge in [-0.1, -0.05) is 6.92 Å². The van der Waals surface area contributed by atoms with E-state index >= 15 is 0 Å². The summed E-state index contributed by atoms with van der Waals surface area (Å²) in [7, 11) is 0. The van der Waals surface area contributed by atoms with Crippen LogP contribution in [0, 0.1) is 0 Å². The van der Waals surface area contributed by atoms with E-state index in [2.05, 4.69) is 17.9 Å². The van der Waals surface area contributed by atoms with Gasteiger partial charge in [-0.05, 0) is 11.7 Å². The Labute approximate surface area is 126 Å². The van der Waals surface area contributed by atoms with Crippen LogP contribution in [0.4, 0.5) is 0 Å². The number of thiol groups is 1. The lowest BCUT2D eigenvalue weighted by Gasteiger charge is -2.08. The van der Waals surface area contributed by atoms with Gasteiger partial charge in [0, 0.05) is 13.0 Å². The number of nitrogens with one attached hydrogen (secondary N) is 1. The summed E-state index contributed by atoms with van der Waals surface area (Å²) in [6.07, 6.45) is 1.28. The Balaban J connectivity index is 3.11. The Morgan fingerprint density at radius 3 is 2.20 bits per heavy atom. The highest BCUT2D eigenvalue weighted by Crippen LogP contribution is 2.02. The van der Waals surface area contributed by atoms with Gasteiger partial charge in [0.1, 0.15) is 0 Å². The first kappa shape index (κ1) is 19.7. The number of ether oxygens (including phenoxy) is 3. The third-order valence-electron chi connectivity index (χ3n) is 2.34. The van der Waals surface area contributed by atoms with E-state index in [1.807, 2.05) is 6.92 Å². The Hall–Kier alpha value is -0.340. The summed E-state index contributed by atoms with van der Waals surface area (Å²) < 4.78 is 15.6. The molecule has 0 aromatic heterocycles. The summed E-state index contributed by atoms with van der Waals surface area (Å²) in [4.78, 5) is 11.4. The molecule has 2 N–H and O–H groups in total. The van der Waals surface area contributed by atoms with Crippen molar-refractivity contribution in [1.82, 2.24) is 5.32 Å². The van der Waals surface area contributed by atoms with Gasteiger partial charge in [-0.25, -0.2) is 0 Å². The zero-order chi connectivity index (χ0) is 15.1. The number of amides is 1. The van der Waals surface area contributed by atoms with Gasteiger partial charge in [0.25, 0.3) is 0 Å². The van der Waals surface area contributed by atoms with Crippen molar-refractivity contribution in [1.29, 1.82) is 0 Å². The van der Waals surface area contributed by atoms with Crippen LogP contribution in [0.25, 0.3) is 0 Å². The summed E-state index contributed by atoms with van der Waals surface area (Å²) in [6.45, 7) is 5.27. The van der Waals surface area contributed by atoms with Crippen molar-refractivity contribution in [2.45, 2.75) is 25.0 Å². The highest BCUT2D eigenvalue weighted by Gasteiger charge is 2.02. The van der Waals surface area contributed by atoms with Gasteiger partial charge in [-0.3, -0.25) is 4.79 Å². The number of hydrogen-bond acceptors (Lipinski definition) is 6. The number of aliphatic hydroxyl groups is 1. The zero-order valence-electron chi connectivity index (χ0n) is 12.2. The van der Waals surface area contributed by atoms with E-state index in [1.165, 1.54) is 0 Å². The lowest BCUT2D eigenvalue weighted by molar-refractivity contribution is -0.121. The quantitative estimate of drug-likeness (QED) is 0.317. The predicted octanol–water partition coefficient (Wildman–Crippen LogP) is 0.243. The van der Waals surface area contributed by atoms with Crippen LogP contribution in [0.15, 0.2) is 0 Å². The minimum absolute atomic E-state index is 0.0295. The largest absolute Gasteiger partial charge is 0.394 e. The molecule has 1 amide bonds. The van der Waals surface area contributed by atoms with Crippen molar-refractivity contribution >= 4 is 18.5 Å². The van der Waals surface area contributed by atoms with Crippen molar-refractivity contribution in [3.05, 3.63) is 0 Å². The van der Waals surface area contributed by atoms with Crippen molar-refractivity contribution in [2.75, 3.05) is 52.8 Å². The van der Waals surface area contributed by atoms with Crippen LogP contribution < -0.4 is 5.32 Å². The van der Waals surface area contributed by atoms with Gasteiger partial charge in [-0.15, -0.1) is 0 Å². The Morgan fingerprint density at radius 1 is 1.10 bits per heavy atom. The van der Waals surface area contributed by atoms with E-state index in [9.17, 15) is 4.79 Å². The number of hydrogen-bond donors (Lipinski definition) is 3. The number of carbonyl (C=O) groups excluding carboxylic acids is 1. The second-order valence-electron chi connectivity index (χ2n) is 4.30. The molecular weight excluding hydrogens is 282 g/mol. The first-order chi connectivity index (χ1) is 9.66. The average molecular weight is 309 g/mol. The molecule has 0 aromatic carbocycles. The smallest absolute Gasteiger partial charge is 0.220 e. The van der Waals surface area contributed by atoms with E-state index in [4.69, 9.17) is 19.3 Å². The fourth-order valence-electron chi connectivity index (χ4n) is 1.30. The van der Waals surface area contributed by atoms with Crippen LogP contribution in [0.1, 0.15) is 19.8 Å². The Morgan fingerprint density at radius 2 is 1.65 bits per heavy atom. The molecule has 0 aromatic rings. The van der Waals surface area contributed by atoms with Crippen LogP contribution in [0.3, 0.4) is 0 Å². The lowest BCUT2D eigenvalue weighted by Crippen LogP contribution is -2.27. The molecule has 0 aliphatic carbocycles. The monoisotopic (exact) mass is 309 g/mol. The molecule has 1 unspecified atom stereocenters. The molecule has 0 saturated carbocycles. The summed E-state index contributed by atoms with van der Waals surface area (Å²) in [5, 5.41) is 11.5. The maximum absolute atomic E-state index is 11.4. The molecule has 0 aliphatic heterocycles. The first-order valence-electron chi connectivity index (χ1n) is 6.95. The minimum Gasteiger partial charge on any atom is -0.394 e. The topological polar surface area (TPSA) is 77.0 Å². The molecule has 0 radical (unpaired) electrons. The highest BCUT2D eigenvalue weighted by atomic mass is 32.1. The molecule has 0 aliphatic rings. The van der Waals surface area contributed by atoms with Crippen LogP contribution in [0.2, 0.25) is 0 Å². The minimum atomic E-state index is 0.0295. The molecule has 0 fully saturated rings. The number of aliphatic hydroxyl groups excluding tert-OH is 1. The van der Waals surface area contributed by atoms with Crippen molar-refractivity contribution in [3.8, 4) is 0 Å².